The van der Waals surface area contributed by atoms with Gasteiger partial charge in [0.25, 0.3) is 0 Å². The van der Waals surface area contributed by atoms with Crippen LogP contribution in [-0.4, -0.2) is 60.6 Å². The number of halogens is 2. The van der Waals surface area contributed by atoms with E-state index < -0.39 is 0 Å². The Balaban J connectivity index is -0.000000902. The van der Waals surface area contributed by atoms with Crippen molar-refractivity contribution in [1.82, 2.24) is 20.4 Å². The van der Waals surface area contributed by atoms with Crippen LogP contribution in [0.5, 0.6) is 0 Å². The highest BCUT2D eigenvalue weighted by Gasteiger charge is 2.37. The van der Waals surface area contributed by atoms with Gasteiger partial charge in [0.05, 0.1) is 13.3 Å². The summed E-state index contributed by atoms with van der Waals surface area (Å²) in [7, 11) is 0. The molecule has 8 heteroatoms. The third-order valence-corrected chi connectivity index (χ3v) is 3.93. The summed E-state index contributed by atoms with van der Waals surface area (Å²) in [4.78, 5) is 27.6. The minimum absolute atomic E-state index is 0. The highest BCUT2D eigenvalue weighted by Crippen LogP contribution is 2.18. The first-order valence-corrected chi connectivity index (χ1v) is 6.66. The smallest absolute Gasteiger partial charge is 0.313 e. The lowest BCUT2D eigenvalue weighted by Crippen LogP contribution is -3.00. The fourth-order valence-electron chi connectivity index (χ4n) is 2.50. The molecule has 6 nitrogen and oxygen atoms in total. The lowest BCUT2D eigenvalue weighted by Gasteiger charge is -2.28. The van der Waals surface area contributed by atoms with Gasteiger partial charge < -0.3 is 43.8 Å². The molecule has 134 valence electrons. The molecule has 0 saturated carbocycles. The molecule has 0 bridgehead atoms. The van der Waals surface area contributed by atoms with Crippen molar-refractivity contribution < 1.29 is 43.6 Å². The predicted octanol–water partition coefficient (Wildman–Crippen LogP) is -5.54. The fourth-order valence-corrected chi connectivity index (χ4v) is 2.50. The molecule has 0 aromatic heterocycles. The highest BCUT2D eigenvalue weighted by molar-refractivity contribution is 6.35. The van der Waals surface area contributed by atoms with Crippen molar-refractivity contribution in [2.75, 3.05) is 33.0 Å². The molecule has 2 rings (SSSR count). The summed E-state index contributed by atoms with van der Waals surface area (Å²) in [6.07, 6.45) is 1.01. The van der Waals surface area contributed by atoms with Crippen molar-refractivity contribution in [2.45, 2.75) is 41.2 Å². The van der Waals surface area contributed by atoms with Gasteiger partial charge in [-0.15, -0.1) is 0 Å². The number of carbonyl (C=O) groups is 2. The van der Waals surface area contributed by atoms with Gasteiger partial charge in [0.1, 0.15) is 0 Å². The molecule has 0 aromatic rings. The fraction of sp³-hybridized carbons (Fsp3) is 0.857. The average Bonchev–Trinajstić information content (AvgIpc) is 3.06. The Morgan fingerprint density at radius 3 is 2.27 bits per heavy atom. The van der Waals surface area contributed by atoms with E-state index in [0.717, 1.165) is 19.5 Å². The summed E-state index contributed by atoms with van der Waals surface area (Å²) in [6.45, 7) is 7.39. The summed E-state index contributed by atoms with van der Waals surface area (Å²) in [5.74, 6) is -0.334. The molecule has 2 fully saturated rings. The summed E-state index contributed by atoms with van der Waals surface area (Å²) in [6, 6.07) is 0.141. The summed E-state index contributed by atoms with van der Waals surface area (Å²) < 4.78 is 0. The SMILES string of the molecule is C.C.CCC(C)C1CNCN1C(=O)C(=O)N1CCNC1.[Br-].[Br-]. The van der Waals surface area contributed by atoms with Crippen LogP contribution in [0.2, 0.25) is 0 Å². The van der Waals surface area contributed by atoms with Gasteiger partial charge in [0.2, 0.25) is 0 Å². The molecule has 2 saturated heterocycles. The Morgan fingerprint density at radius 1 is 1.14 bits per heavy atom. The number of amides is 2. The first kappa shape index (κ1) is 26.7. The van der Waals surface area contributed by atoms with Crippen molar-refractivity contribution in [3.63, 3.8) is 0 Å². The van der Waals surface area contributed by atoms with Crippen LogP contribution in [0, 0.1) is 5.92 Å². The van der Waals surface area contributed by atoms with E-state index in [9.17, 15) is 9.59 Å². The van der Waals surface area contributed by atoms with E-state index >= 15 is 0 Å². The maximum Gasteiger partial charge on any atom is 0.313 e. The summed E-state index contributed by atoms with van der Waals surface area (Å²) >= 11 is 0. The van der Waals surface area contributed by atoms with E-state index in [1.165, 1.54) is 0 Å². The summed E-state index contributed by atoms with van der Waals surface area (Å²) in [5.41, 5.74) is 0. The van der Waals surface area contributed by atoms with Gasteiger partial charge in [0.15, 0.2) is 0 Å². The van der Waals surface area contributed by atoms with E-state index in [4.69, 9.17) is 0 Å². The zero-order valence-electron chi connectivity index (χ0n) is 11.9. The number of hydrogen-bond donors (Lipinski definition) is 2. The van der Waals surface area contributed by atoms with Gasteiger partial charge in [-0.25, -0.2) is 0 Å². The van der Waals surface area contributed by atoms with E-state index in [0.29, 0.717) is 25.8 Å². The largest absolute Gasteiger partial charge is 1.00 e. The molecular formula is C14H30Br2N4O2-2. The molecule has 22 heavy (non-hydrogen) atoms. The van der Waals surface area contributed by atoms with E-state index in [-0.39, 0.29) is 66.7 Å². The number of nitrogens with one attached hydrogen (secondary N) is 2. The molecule has 0 aliphatic carbocycles. The van der Waals surface area contributed by atoms with Crippen LogP contribution in [0.1, 0.15) is 35.1 Å². The second-order valence-corrected chi connectivity index (χ2v) is 5.07. The molecule has 2 heterocycles. The Morgan fingerprint density at radius 2 is 1.77 bits per heavy atom. The van der Waals surface area contributed by atoms with Gasteiger partial charge >= 0.3 is 11.8 Å². The van der Waals surface area contributed by atoms with Crippen LogP contribution in [0.15, 0.2) is 0 Å². The van der Waals surface area contributed by atoms with Crippen molar-refractivity contribution in [1.29, 1.82) is 0 Å². The van der Waals surface area contributed by atoms with Gasteiger partial charge in [0, 0.05) is 25.7 Å². The van der Waals surface area contributed by atoms with Crippen molar-refractivity contribution in [2.24, 2.45) is 5.92 Å². The molecule has 0 spiro atoms. The van der Waals surface area contributed by atoms with E-state index in [2.05, 4.69) is 24.5 Å². The van der Waals surface area contributed by atoms with Crippen molar-refractivity contribution in [3.8, 4) is 0 Å². The molecule has 2 atom stereocenters. The maximum absolute atomic E-state index is 12.2. The Hall–Kier alpha value is -0.180. The maximum atomic E-state index is 12.2. The minimum Gasteiger partial charge on any atom is -1.00 e. The van der Waals surface area contributed by atoms with Crippen LogP contribution in [-0.2, 0) is 9.59 Å². The lowest BCUT2D eigenvalue weighted by molar-refractivity contribution is -0.152. The molecule has 2 N–H and O–H groups in total. The van der Waals surface area contributed by atoms with Crippen LogP contribution in [0.3, 0.4) is 0 Å². The molecular weight excluding hydrogens is 416 g/mol. The van der Waals surface area contributed by atoms with Crippen LogP contribution in [0.25, 0.3) is 0 Å². The highest BCUT2D eigenvalue weighted by atomic mass is 79.9. The monoisotopic (exact) mass is 444 g/mol. The Labute approximate surface area is 155 Å². The topological polar surface area (TPSA) is 64.7 Å². The van der Waals surface area contributed by atoms with E-state index in [1.54, 1.807) is 9.80 Å². The number of hydrogen-bond acceptors (Lipinski definition) is 4. The molecule has 2 aliphatic heterocycles. The molecule has 0 radical (unpaired) electrons. The third kappa shape index (κ3) is 5.79. The summed E-state index contributed by atoms with van der Waals surface area (Å²) in [5, 5.41) is 6.25. The van der Waals surface area contributed by atoms with Crippen LogP contribution in [0.4, 0.5) is 0 Å². The van der Waals surface area contributed by atoms with Gasteiger partial charge in [-0.3, -0.25) is 20.2 Å². The zero-order valence-corrected chi connectivity index (χ0v) is 15.0. The number of rotatable bonds is 2. The predicted molar refractivity (Wildman–Crippen MR) is 81.0 cm³/mol. The number of nitrogens with zero attached hydrogens (tertiary/aromatic N) is 2. The van der Waals surface area contributed by atoms with Crippen LogP contribution >= 0.6 is 0 Å². The minimum atomic E-state index is -0.378. The molecule has 2 amide bonds. The second-order valence-electron chi connectivity index (χ2n) is 5.07. The second kappa shape index (κ2) is 12.3. The Kier molecular flexibility index (Phi) is 14.9. The van der Waals surface area contributed by atoms with Crippen molar-refractivity contribution >= 4 is 11.8 Å². The number of carbonyl (C=O) groups excluding carboxylic acids is 2. The molecule has 2 aliphatic rings. The van der Waals surface area contributed by atoms with Crippen LogP contribution < -0.4 is 44.6 Å². The quantitative estimate of drug-likeness (QED) is 0.416. The molecule has 0 aromatic carbocycles. The average molecular weight is 446 g/mol. The Bertz CT molecular complexity index is 339. The zero-order chi connectivity index (χ0) is 13.1. The first-order valence-electron chi connectivity index (χ1n) is 6.66. The first-order chi connectivity index (χ1) is 8.65. The molecule has 2 unspecified atom stereocenters. The third-order valence-electron chi connectivity index (χ3n) is 3.93. The van der Waals surface area contributed by atoms with Gasteiger partial charge in [-0.2, -0.15) is 0 Å². The van der Waals surface area contributed by atoms with E-state index in [1.807, 2.05) is 0 Å². The lowest BCUT2D eigenvalue weighted by atomic mass is 9.99. The normalized spacial score (nSPS) is 20.9. The standard InChI is InChI=1S/C12H22N4O2.2CH4.2BrH/c1-3-9(2)10-6-14-8-16(10)12(18)11(17)15-5-4-13-7-15;;;;/h9-10,13-14H,3-8H2,1-2H3;2*1H4;2*1H/p-2. The van der Waals surface area contributed by atoms with Crippen molar-refractivity contribution in [3.05, 3.63) is 0 Å². The van der Waals surface area contributed by atoms with Gasteiger partial charge in [-0.05, 0) is 5.92 Å². The van der Waals surface area contributed by atoms with Gasteiger partial charge in [-0.1, -0.05) is 35.1 Å².